The van der Waals surface area contributed by atoms with Gasteiger partial charge in [0.1, 0.15) is 17.4 Å². The Morgan fingerprint density at radius 2 is 2.00 bits per heavy atom. The van der Waals surface area contributed by atoms with Crippen LogP contribution < -0.4 is 26.0 Å². The number of rotatable bonds is 6. The van der Waals surface area contributed by atoms with Gasteiger partial charge in [-0.15, -0.1) is 0 Å². The first kappa shape index (κ1) is 21.4. The van der Waals surface area contributed by atoms with Gasteiger partial charge >= 0.3 is 0 Å². The summed E-state index contributed by atoms with van der Waals surface area (Å²) in [5.74, 6) is 0.709. The van der Waals surface area contributed by atoms with Crippen molar-refractivity contribution in [2.75, 3.05) is 49.6 Å². The maximum Gasteiger partial charge on any atom is 0.250 e. The zero-order valence-electron chi connectivity index (χ0n) is 18.4. The van der Waals surface area contributed by atoms with E-state index in [2.05, 4.69) is 20.5 Å². The van der Waals surface area contributed by atoms with Gasteiger partial charge in [-0.05, 0) is 50.2 Å². The molecule has 33 heavy (non-hydrogen) atoms. The smallest absolute Gasteiger partial charge is 0.250 e. The van der Waals surface area contributed by atoms with E-state index in [9.17, 15) is 4.79 Å². The first-order valence-electron chi connectivity index (χ1n) is 11.3. The average molecular weight is 449 g/mol. The Morgan fingerprint density at radius 3 is 2.79 bits per heavy atom. The van der Waals surface area contributed by atoms with Crippen LogP contribution in [0.1, 0.15) is 23.2 Å². The first-order valence-corrected chi connectivity index (χ1v) is 11.3. The fourth-order valence-electron chi connectivity index (χ4n) is 4.30. The maximum atomic E-state index is 12.2. The quantitative estimate of drug-likeness (QED) is 0.527. The Hall–Kier alpha value is -3.43. The Morgan fingerprint density at radius 1 is 1.18 bits per heavy atom. The highest BCUT2D eigenvalue weighted by Gasteiger charge is 2.19. The lowest BCUT2D eigenvalue weighted by atomic mass is 10.1. The van der Waals surface area contributed by atoms with Crippen LogP contribution in [-0.2, 0) is 4.74 Å². The molecule has 0 atom stereocenters. The van der Waals surface area contributed by atoms with Gasteiger partial charge in [-0.2, -0.15) is 0 Å². The summed E-state index contributed by atoms with van der Waals surface area (Å²) < 4.78 is 11.7. The summed E-state index contributed by atoms with van der Waals surface area (Å²) in [4.78, 5) is 23.4. The largest absolute Gasteiger partial charge is 0.488 e. The van der Waals surface area contributed by atoms with E-state index < -0.39 is 5.91 Å². The second-order valence-corrected chi connectivity index (χ2v) is 8.28. The van der Waals surface area contributed by atoms with Crippen molar-refractivity contribution in [2.45, 2.75) is 18.9 Å². The third-order valence-electron chi connectivity index (χ3n) is 6.02. The summed E-state index contributed by atoms with van der Waals surface area (Å²) >= 11 is 0. The molecule has 2 saturated heterocycles. The van der Waals surface area contributed by atoms with Crippen molar-refractivity contribution < 1.29 is 14.3 Å². The normalized spacial score (nSPS) is 17.2. The van der Waals surface area contributed by atoms with Crippen molar-refractivity contribution in [1.82, 2.24) is 15.3 Å². The van der Waals surface area contributed by atoms with Crippen LogP contribution in [0.4, 0.5) is 17.3 Å². The molecule has 3 heterocycles. The number of ether oxygens (including phenoxy) is 2. The number of nitrogens with one attached hydrogen (secondary N) is 2. The van der Waals surface area contributed by atoms with Crippen molar-refractivity contribution in [2.24, 2.45) is 5.73 Å². The number of morpholine rings is 1. The number of hydrogen-bond donors (Lipinski definition) is 3. The van der Waals surface area contributed by atoms with Gasteiger partial charge in [0.15, 0.2) is 0 Å². The summed E-state index contributed by atoms with van der Waals surface area (Å²) in [5, 5.41) is 7.48. The molecule has 1 aromatic heterocycles. The molecular weight excluding hydrogens is 420 g/mol. The lowest BCUT2D eigenvalue weighted by molar-refractivity contribution is 0.0998. The second-order valence-electron chi connectivity index (χ2n) is 8.28. The summed E-state index contributed by atoms with van der Waals surface area (Å²) in [7, 11) is 0. The van der Waals surface area contributed by atoms with E-state index >= 15 is 0 Å². The summed E-state index contributed by atoms with van der Waals surface area (Å²) in [6.07, 6.45) is 3.89. The van der Waals surface area contributed by atoms with E-state index in [1.165, 1.54) is 0 Å². The molecule has 1 amide bonds. The fourth-order valence-corrected chi connectivity index (χ4v) is 4.30. The number of carbonyl (C=O) groups excluding carboxylic acids is 1. The monoisotopic (exact) mass is 448 g/mol. The molecule has 5 rings (SSSR count). The third-order valence-corrected chi connectivity index (χ3v) is 6.02. The van der Waals surface area contributed by atoms with Gasteiger partial charge in [-0.3, -0.25) is 4.79 Å². The number of benzene rings is 2. The van der Waals surface area contributed by atoms with Crippen LogP contribution in [0.15, 0.2) is 42.6 Å². The van der Waals surface area contributed by atoms with Crippen molar-refractivity contribution in [3.05, 3.63) is 48.2 Å². The van der Waals surface area contributed by atoms with Gasteiger partial charge in [0.2, 0.25) is 5.95 Å². The minimum atomic E-state index is -0.475. The second kappa shape index (κ2) is 9.60. The van der Waals surface area contributed by atoms with E-state index in [0.717, 1.165) is 61.4 Å². The van der Waals surface area contributed by atoms with E-state index in [1.807, 2.05) is 30.3 Å². The van der Waals surface area contributed by atoms with Crippen LogP contribution in [0.2, 0.25) is 0 Å². The topological polar surface area (TPSA) is 115 Å². The molecule has 0 aliphatic carbocycles. The maximum absolute atomic E-state index is 12.2. The number of piperidine rings is 1. The van der Waals surface area contributed by atoms with Crippen molar-refractivity contribution in [3.8, 4) is 5.75 Å². The zero-order valence-corrected chi connectivity index (χ0v) is 18.4. The molecule has 3 aromatic rings. The van der Waals surface area contributed by atoms with Crippen LogP contribution in [-0.4, -0.2) is 61.4 Å². The Bertz CT molecular complexity index is 1140. The number of fused-ring (bicyclic) bond motifs is 1. The Balaban J connectivity index is 1.40. The number of amides is 1. The molecule has 2 fully saturated rings. The van der Waals surface area contributed by atoms with Crippen LogP contribution in [0.25, 0.3) is 10.9 Å². The number of aromatic nitrogens is 2. The summed E-state index contributed by atoms with van der Waals surface area (Å²) in [6.45, 7) is 4.62. The number of nitrogens with two attached hydrogens (primary N) is 1. The summed E-state index contributed by atoms with van der Waals surface area (Å²) in [6, 6.07) is 11.4. The standard InChI is InChI=1S/C24H28N6O3/c25-23(31)19-14-17(4-5-20(19)30-10-12-32-13-11-30)28-24-27-15-16-2-1-3-21(22(16)29-24)33-18-6-8-26-9-7-18/h1-5,14-15,18,26H,6-13H2,(H2,25,31)(H,27,28,29). The molecule has 9 nitrogen and oxygen atoms in total. The fraction of sp³-hybridized carbons (Fsp3) is 0.375. The minimum Gasteiger partial charge on any atom is -0.488 e. The van der Waals surface area contributed by atoms with E-state index in [1.54, 1.807) is 12.3 Å². The van der Waals surface area contributed by atoms with Gasteiger partial charge in [0.25, 0.3) is 5.91 Å². The molecular formula is C24H28N6O3. The molecule has 4 N–H and O–H groups in total. The summed E-state index contributed by atoms with van der Waals surface area (Å²) in [5.41, 5.74) is 8.41. The van der Waals surface area contributed by atoms with Crippen molar-refractivity contribution in [3.63, 3.8) is 0 Å². The average Bonchev–Trinajstić information content (AvgIpc) is 2.85. The van der Waals surface area contributed by atoms with Crippen molar-refractivity contribution >= 4 is 34.1 Å². The molecule has 2 aliphatic heterocycles. The molecule has 0 radical (unpaired) electrons. The minimum absolute atomic E-state index is 0.175. The van der Waals surface area contributed by atoms with Crippen LogP contribution >= 0.6 is 0 Å². The van der Waals surface area contributed by atoms with Gasteiger partial charge in [0.05, 0.1) is 18.8 Å². The van der Waals surface area contributed by atoms with Crippen LogP contribution in [0.3, 0.4) is 0 Å². The Kier molecular flexibility index (Phi) is 6.23. The number of primary amides is 1. The molecule has 172 valence electrons. The van der Waals surface area contributed by atoms with E-state index in [4.69, 9.17) is 20.2 Å². The molecule has 0 unspecified atom stereocenters. The predicted octanol–water partition coefficient (Wildman–Crippen LogP) is 2.44. The molecule has 9 heteroatoms. The number of para-hydroxylation sites is 1. The third kappa shape index (κ3) is 4.84. The number of nitrogens with zero attached hydrogens (tertiary/aromatic N) is 3. The van der Waals surface area contributed by atoms with Crippen molar-refractivity contribution in [1.29, 1.82) is 0 Å². The van der Waals surface area contributed by atoms with Gasteiger partial charge in [0, 0.05) is 36.0 Å². The SMILES string of the molecule is NC(=O)c1cc(Nc2ncc3cccc(OC4CCNCC4)c3n2)ccc1N1CCOCC1. The molecule has 0 bridgehead atoms. The lowest BCUT2D eigenvalue weighted by Crippen LogP contribution is -2.37. The number of anilines is 3. The highest BCUT2D eigenvalue weighted by Crippen LogP contribution is 2.29. The first-order chi connectivity index (χ1) is 16.2. The Labute approximate surface area is 192 Å². The van der Waals surface area contributed by atoms with E-state index in [-0.39, 0.29) is 6.10 Å². The highest BCUT2D eigenvalue weighted by molar-refractivity contribution is 6.00. The molecule has 2 aromatic carbocycles. The lowest BCUT2D eigenvalue weighted by Gasteiger charge is -2.30. The van der Waals surface area contributed by atoms with Crippen LogP contribution in [0, 0.1) is 0 Å². The van der Waals surface area contributed by atoms with E-state index in [0.29, 0.717) is 30.4 Å². The molecule has 2 aliphatic rings. The number of hydrogen-bond acceptors (Lipinski definition) is 8. The molecule has 0 spiro atoms. The van der Waals surface area contributed by atoms with Crippen LogP contribution in [0.5, 0.6) is 5.75 Å². The molecule has 0 saturated carbocycles. The zero-order chi connectivity index (χ0) is 22.6. The highest BCUT2D eigenvalue weighted by atomic mass is 16.5. The number of carbonyl (C=O) groups is 1. The predicted molar refractivity (Wildman–Crippen MR) is 127 cm³/mol. The van der Waals surface area contributed by atoms with Gasteiger partial charge in [-0.1, -0.05) is 12.1 Å². The van der Waals surface area contributed by atoms with Gasteiger partial charge < -0.3 is 30.7 Å². The van der Waals surface area contributed by atoms with Gasteiger partial charge in [-0.25, -0.2) is 9.97 Å².